The predicted molar refractivity (Wildman–Crippen MR) is 268 cm³/mol. The van der Waals surface area contributed by atoms with E-state index >= 15 is 4.39 Å². The summed E-state index contributed by atoms with van der Waals surface area (Å²) in [5, 5.41) is 16.7. The van der Waals surface area contributed by atoms with Crippen LogP contribution in [0.3, 0.4) is 0 Å². The quantitative estimate of drug-likeness (QED) is 0.0681. The van der Waals surface area contributed by atoms with E-state index in [4.69, 9.17) is 23.3 Å². The molecule has 0 amide bonds. The van der Waals surface area contributed by atoms with Gasteiger partial charge >= 0.3 is 0 Å². The third-order valence-corrected chi connectivity index (χ3v) is 23.3. The number of alkyl halides is 1. The van der Waals surface area contributed by atoms with Gasteiger partial charge in [0.2, 0.25) is 5.95 Å². The van der Waals surface area contributed by atoms with E-state index in [9.17, 15) is 9.90 Å². The number of fused-ring (bicyclic) bond motifs is 1. The highest BCUT2D eigenvalue weighted by atomic mass is 28.4. The predicted octanol–water partition coefficient (Wildman–Crippen LogP) is 9.10. The number of rotatable bonds is 15. The van der Waals surface area contributed by atoms with Crippen molar-refractivity contribution in [1.82, 2.24) is 19.5 Å². The Morgan fingerprint density at radius 2 is 1.28 bits per heavy atom. The zero-order valence-corrected chi connectivity index (χ0v) is 41.8. The number of H-pyrrole nitrogens is 1. The highest BCUT2D eigenvalue weighted by Crippen LogP contribution is 2.48. The molecule has 7 aromatic rings. The van der Waals surface area contributed by atoms with Crippen LogP contribution < -0.4 is 26.0 Å². The van der Waals surface area contributed by atoms with E-state index in [2.05, 4.69) is 94.2 Å². The van der Waals surface area contributed by atoms with Gasteiger partial charge in [0.1, 0.15) is 23.0 Å². The molecule has 1 aliphatic heterocycles. The van der Waals surface area contributed by atoms with Crippen LogP contribution >= 0.6 is 0 Å². The number of benzene rings is 5. The number of nitrogens with one attached hydrogen (secondary N) is 2. The molecule has 67 heavy (non-hydrogen) atoms. The Labute approximate surface area is 394 Å². The van der Waals surface area contributed by atoms with Gasteiger partial charge in [0.05, 0.1) is 26.7 Å². The standard InChI is InChI=1S/C53H62FN5O6Si2/c1-50(2,3)66(8,9)65-45-43(54)48(64-52(45,34-60)35-63-67(51(4,5)6,41-26-18-12-19-27-41)42-28-20-13-21-29-42)59-36-55-44-46(59)56-49(57-47(44)61)58-53(37-22-14-10-15-23-37,38-24-16-11-17-25-38)39-30-32-40(62-7)33-31-39/h10-33,36,43,45,48,60H,34-35H2,1-9H3,(H2,56,57,58,61)/t43-,45-,48+,52+/m0/s1. The molecule has 350 valence electrons. The molecule has 3 heterocycles. The summed E-state index contributed by atoms with van der Waals surface area (Å²) in [6.07, 6.45) is -3.19. The zero-order valence-electron chi connectivity index (χ0n) is 39.8. The number of halogens is 1. The van der Waals surface area contributed by atoms with Gasteiger partial charge in [0.25, 0.3) is 13.9 Å². The Morgan fingerprint density at radius 3 is 1.76 bits per heavy atom. The van der Waals surface area contributed by atoms with Gasteiger partial charge in [0, 0.05) is 0 Å². The second-order valence-electron chi connectivity index (χ2n) is 20.0. The van der Waals surface area contributed by atoms with Gasteiger partial charge in [-0.05, 0) is 62.4 Å². The van der Waals surface area contributed by atoms with Crippen LogP contribution in [0.1, 0.15) is 64.5 Å². The van der Waals surface area contributed by atoms with Crippen LogP contribution in [-0.2, 0) is 19.1 Å². The third-order valence-electron chi connectivity index (χ3n) is 13.8. The molecule has 1 saturated heterocycles. The van der Waals surface area contributed by atoms with Crippen LogP contribution in [0.4, 0.5) is 10.3 Å². The number of hydrogen-bond donors (Lipinski definition) is 3. The molecule has 11 nitrogen and oxygen atoms in total. The number of aromatic amines is 1. The highest BCUT2D eigenvalue weighted by Gasteiger charge is 2.62. The van der Waals surface area contributed by atoms with Crippen molar-refractivity contribution in [2.75, 3.05) is 25.6 Å². The van der Waals surface area contributed by atoms with E-state index in [1.807, 2.05) is 121 Å². The number of imidazole rings is 1. The lowest BCUT2D eigenvalue weighted by molar-refractivity contribution is -0.143. The maximum atomic E-state index is 18.1. The van der Waals surface area contributed by atoms with E-state index in [1.54, 1.807) is 7.11 Å². The summed E-state index contributed by atoms with van der Waals surface area (Å²) in [5.41, 5.74) is -0.697. The molecule has 0 unspecified atom stereocenters. The fourth-order valence-electron chi connectivity index (χ4n) is 9.25. The minimum atomic E-state index is -3.24. The normalized spacial score (nSPS) is 19.4. The maximum Gasteiger partial charge on any atom is 0.280 e. The summed E-state index contributed by atoms with van der Waals surface area (Å²) in [7, 11) is -4.38. The maximum absolute atomic E-state index is 18.1. The molecule has 5 aromatic carbocycles. The fraction of sp³-hybridized carbons (Fsp3) is 0.340. The molecule has 14 heteroatoms. The monoisotopic (exact) mass is 939 g/mol. The first-order chi connectivity index (χ1) is 31.9. The first-order valence-electron chi connectivity index (χ1n) is 22.8. The molecule has 0 radical (unpaired) electrons. The number of anilines is 1. The van der Waals surface area contributed by atoms with Crippen molar-refractivity contribution < 1.29 is 27.8 Å². The number of aromatic nitrogens is 4. The first-order valence-corrected chi connectivity index (χ1v) is 27.6. The van der Waals surface area contributed by atoms with Crippen molar-refractivity contribution in [2.45, 2.75) is 94.4 Å². The molecule has 0 aliphatic carbocycles. The Balaban J connectivity index is 1.26. The lowest BCUT2D eigenvalue weighted by Gasteiger charge is -2.46. The minimum Gasteiger partial charge on any atom is -0.497 e. The van der Waals surface area contributed by atoms with Crippen molar-refractivity contribution >= 4 is 44.1 Å². The van der Waals surface area contributed by atoms with Crippen LogP contribution in [0.25, 0.3) is 11.2 Å². The summed E-state index contributed by atoms with van der Waals surface area (Å²) in [6, 6.07) is 47.8. The topological polar surface area (TPSA) is 133 Å². The number of aliphatic hydroxyl groups is 1. The number of ether oxygens (including phenoxy) is 2. The van der Waals surface area contributed by atoms with E-state index in [-0.39, 0.29) is 28.8 Å². The van der Waals surface area contributed by atoms with E-state index in [1.165, 1.54) is 10.9 Å². The Bertz CT molecular complexity index is 2740. The molecule has 0 spiro atoms. The number of aliphatic hydroxyl groups excluding tert-OH is 1. The van der Waals surface area contributed by atoms with Crippen molar-refractivity contribution in [3.63, 3.8) is 0 Å². The summed E-state index contributed by atoms with van der Waals surface area (Å²) in [5.74, 6) is 0.786. The van der Waals surface area contributed by atoms with Gasteiger partial charge in [0.15, 0.2) is 31.9 Å². The van der Waals surface area contributed by atoms with Gasteiger partial charge in [-0.1, -0.05) is 175 Å². The van der Waals surface area contributed by atoms with E-state index in [0.29, 0.717) is 5.75 Å². The summed E-state index contributed by atoms with van der Waals surface area (Å²) in [6.45, 7) is 16.0. The smallest absolute Gasteiger partial charge is 0.280 e. The van der Waals surface area contributed by atoms with Gasteiger partial charge in [-0.3, -0.25) is 14.3 Å². The Hall–Kier alpha value is -5.75. The fourth-order valence-corrected chi connectivity index (χ4v) is 15.2. The molecule has 0 saturated carbocycles. The lowest BCUT2D eigenvalue weighted by Crippen LogP contribution is -2.68. The summed E-state index contributed by atoms with van der Waals surface area (Å²) >= 11 is 0. The number of methoxy groups -OCH3 is 1. The Morgan fingerprint density at radius 1 is 0.776 bits per heavy atom. The second kappa shape index (κ2) is 18.4. The van der Waals surface area contributed by atoms with Gasteiger partial charge in [-0.25, -0.2) is 9.37 Å². The molecule has 2 aromatic heterocycles. The SMILES string of the molecule is COc1ccc(C(Nc2nc3c(ncn3[C@@H]3O[C@](CO)(CO[Si](c4ccccc4)(c4ccccc4)C(C)(C)C)[C@@H](O[Si](C)(C)C(C)(C)C)[C@@H]3F)c(=O)[nH]2)(c2ccccc2)c2ccccc2)cc1. The van der Waals surface area contributed by atoms with Crippen LogP contribution in [-0.4, -0.2) is 79.5 Å². The van der Waals surface area contributed by atoms with Gasteiger partial charge in [-0.2, -0.15) is 4.98 Å². The molecule has 4 atom stereocenters. The minimum absolute atomic E-state index is 0.0113. The largest absolute Gasteiger partial charge is 0.497 e. The zero-order chi connectivity index (χ0) is 47.8. The summed E-state index contributed by atoms with van der Waals surface area (Å²) in [4.78, 5) is 26.6. The second-order valence-corrected chi connectivity index (χ2v) is 29.1. The molecule has 3 N–H and O–H groups in total. The Kier molecular flexibility index (Phi) is 13.1. The van der Waals surface area contributed by atoms with Crippen LogP contribution in [0, 0.1) is 0 Å². The molecule has 1 aliphatic rings. The van der Waals surface area contributed by atoms with Crippen molar-refractivity contribution in [3.05, 3.63) is 179 Å². The van der Waals surface area contributed by atoms with E-state index < -0.39 is 63.5 Å². The lowest BCUT2D eigenvalue weighted by atomic mass is 9.77. The molecule has 8 rings (SSSR count). The highest BCUT2D eigenvalue weighted by molar-refractivity contribution is 6.99. The summed E-state index contributed by atoms with van der Waals surface area (Å²) < 4.78 is 46.4. The van der Waals surface area contributed by atoms with Crippen molar-refractivity contribution in [2.24, 2.45) is 0 Å². The molecular weight excluding hydrogens is 878 g/mol. The number of nitrogens with zero attached hydrogens (tertiary/aromatic N) is 3. The van der Waals surface area contributed by atoms with E-state index in [0.717, 1.165) is 27.1 Å². The average Bonchev–Trinajstić information content (AvgIpc) is 3.87. The van der Waals surface area contributed by atoms with Crippen molar-refractivity contribution in [1.29, 1.82) is 0 Å². The third kappa shape index (κ3) is 8.59. The van der Waals surface area contributed by atoms with Gasteiger partial charge < -0.3 is 28.7 Å². The molecule has 0 bridgehead atoms. The number of hydrogen-bond acceptors (Lipinski definition) is 9. The average molecular weight is 940 g/mol. The van der Waals surface area contributed by atoms with Gasteiger partial charge in [-0.15, -0.1) is 0 Å². The van der Waals surface area contributed by atoms with Crippen LogP contribution in [0.15, 0.2) is 157 Å². The van der Waals surface area contributed by atoms with Crippen LogP contribution in [0.2, 0.25) is 23.2 Å². The molecular formula is C53H62FN5O6Si2. The van der Waals surface area contributed by atoms with Crippen molar-refractivity contribution in [3.8, 4) is 5.75 Å². The first kappa shape index (κ1) is 47.7. The van der Waals surface area contributed by atoms with Crippen LogP contribution in [0.5, 0.6) is 5.75 Å². The molecule has 1 fully saturated rings.